The first kappa shape index (κ1) is 16.9. The van der Waals surface area contributed by atoms with Gasteiger partial charge in [-0.3, -0.25) is 4.79 Å². The number of rotatable bonds is 4. The molecule has 1 unspecified atom stereocenters. The topological polar surface area (TPSA) is 57.3 Å². The van der Waals surface area contributed by atoms with Crippen LogP contribution < -0.4 is 15.5 Å². The highest BCUT2D eigenvalue weighted by molar-refractivity contribution is 9.10. The molecule has 1 atom stereocenters. The highest BCUT2D eigenvalue weighted by atomic mass is 79.9. The molecule has 0 spiro atoms. The van der Waals surface area contributed by atoms with E-state index in [-0.39, 0.29) is 11.9 Å². The fourth-order valence-electron chi connectivity index (χ4n) is 4.05. The van der Waals surface area contributed by atoms with Crippen molar-refractivity contribution in [1.29, 1.82) is 0 Å². The van der Waals surface area contributed by atoms with Crippen molar-refractivity contribution in [3.05, 3.63) is 52.0 Å². The van der Waals surface area contributed by atoms with Crippen LogP contribution in [0.15, 0.2) is 40.9 Å². The maximum atomic E-state index is 11.6. The highest BCUT2D eigenvalue weighted by Gasteiger charge is 2.24. The summed E-state index contributed by atoms with van der Waals surface area (Å²) in [7, 11) is 0. The number of carbonyl (C=O) groups is 1. The second-order valence-corrected chi connectivity index (χ2v) is 9.03. The first-order chi connectivity index (χ1) is 14.1. The Labute approximate surface area is 177 Å². The molecule has 144 valence electrons. The van der Waals surface area contributed by atoms with Crippen LogP contribution in [0.4, 0.5) is 11.5 Å². The van der Waals surface area contributed by atoms with Crippen molar-refractivity contribution in [1.82, 2.24) is 9.68 Å². The Hall–Kier alpha value is -1.96. The number of aryl methyl sites for hydroxylation is 1. The van der Waals surface area contributed by atoms with Gasteiger partial charge in [-0.2, -0.15) is 4.37 Å². The van der Waals surface area contributed by atoms with Crippen molar-refractivity contribution in [3.8, 4) is 0 Å². The lowest BCUT2D eigenvalue weighted by atomic mass is 10.0. The van der Waals surface area contributed by atoms with E-state index in [4.69, 9.17) is 5.79 Å². The number of hydrogen-bond acceptors (Lipinski definition) is 5. The molecule has 1 aromatic heterocycles. The van der Waals surface area contributed by atoms with E-state index in [2.05, 4.69) is 50.4 Å². The zero-order chi connectivity index (χ0) is 20.0. The first-order valence-electron chi connectivity index (χ1n) is 9.99. The lowest BCUT2D eigenvalue weighted by Crippen LogP contribution is -2.51. The van der Waals surface area contributed by atoms with E-state index in [0.717, 1.165) is 47.5 Å². The van der Waals surface area contributed by atoms with E-state index in [9.17, 15) is 4.79 Å². The molecule has 2 aliphatic rings. The monoisotopic (exact) mass is 457 g/mol. The van der Waals surface area contributed by atoms with Gasteiger partial charge in [-0.05, 0) is 53.7 Å². The molecule has 2 aliphatic heterocycles. The van der Waals surface area contributed by atoms with Gasteiger partial charge in [0.1, 0.15) is 7.23 Å². The number of nitrogens with zero attached hydrogens (tertiary/aromatic N) is 2. The van der Waals surface area contributed by atoms with Crippen LogP contribution in [0.25, 0.3) is 10.1 Å². The van der Waals surface area contributed by atoms with Crippen molar-refractivity contribution in [3.63, 3.8) is 0 Å². The molecule has 7 heteroatoms. The van der Waals surface area contributed by atoms with Gasteiger partial charge in [0.2, 0.25) is 5.91 Å². The number of amides is 1. The lowest BCUT2D eigenvalue weighted by molar-refractivity contribution is -0.115. The minimum atomic E-state index is 0.0554. The summed E-state index contributed by atoms with van der Waals surface area (Å²) in [4.78, 5) is 14.0. The molecule has 5 rings (SSSR count). The van der Waals surface area contributed by atoms with Gasteiger partial charge >= 0.3 is 0 Å². The van der Waals surface area contributed by atoms with Gasteiger partial charge in [-0.15, -0.1) is 0 Å². The number of benzene rings is 2. The number of halogens is 1. The van der Waals surface area contributed by atoms with Crippen LogP contribution in [0.2, 0.25) is 1.41 Å². The van der Waals surface area contributed by atoms with Crippen molar-refractivity contribution >= 4 is 55.0 Å². The third-order valence-electron chi connectivity index (χ3n) is 5.49. The summed E-state index contributed by atoms with van der Waals surface area (Å²) >= 11 is 5.19. The van der Waals surface area contributed by atoms with E-state index in [1.807, 2.05) is 12.1 Å². The molecular weight excluding hydrogens is 436 g/mol. The highest BCUT2D eigenvalue weighted by Crippen LogP contribution is 2.32. The average Bonchev–Trinajstić information content (AvgIpc) is 3.29. The van der Waals surface area contributed by atoms with Crippen LogP contribution in [-0.2, 0) is 17.6 Å². The van der Waals surface area contributed by atoms with E-state index in [1.165, 1.54) is 15.6 Å². The second kappa shape index (κ2) is 7.46. The Bertz CT molecular complexity index is 1090. The Morgan fingerprint density at radius 2 is 2.25 bits per heavy atom. The smallest absolute Gasteiger partial charge is 0.228 e. The Kier molecular flexibility index (Phi) is 4.52. The molecule has 0 saturated carbocycles. The molecule has 5 nitrogen and oxygen atoms in total. The Morgan fingerprint density at radius 1 is 1.36 bits per heavy atom. The van der Waals surface area contributed by atoms with Crippen molar-refractivity contribution in [2.24, 2.45) is 0 Å². The van der Waals surface area contributed by atoms with E-state index >= 15 is 0 Å². The summed E-state index contributed by atoms with van der Waals surface area (Å²) in [6.45, 7) is 2.34. The lowest BCUT2D eigenvalue weighted by Gasteiger charge is -2.34. The largest absolute Gasteiger partial charge is 0.352 e. The van der Waals surface area contributed by atoms with Gasteiger partial charge in [-0.25, -0.2) is 0 Å². The molecule has 3 heterocycles. The summed E-state index contributed by atoms with van der Waals surface area (Å²) in [5, 5.41) is 5.82. The summed E-state index contributed by atoms with van der Waals surface area (Å²) in [5.74, 6) is 1.10. The molecule has 1 fully saturated rings. The molecule has 28 heavy (non-hydrogen) atoms. The number of piperazine rings is 1. The fourth-order valence-corrected chi connectivity index (χ4v) is 5.39. The molecule has 2 N–H and O–H groups in total. The summed E-state index contributed by atoms with van der Waals surface area (Å²) in [6.07, 6.45) is 2.21. The maximum Gasteiger partial charge on any atom is 0.228 e. The molecule has 1 amide bonds. The van der Waals surface area contributed by atoms with Crippen LogP contribution in [0.5, 0.6) is 0 Å². The minimum absolute atomic E-state index is 0.0554. The summed E-state index contributed by atoms with van der Waals surface area (Å²) in [6, 6.07) is 12.6. The van der Waals surface area contributed by atoms with Crippen molar-refractivity contribution < 1.29 is 6.21 Å². The van der Waals surface area contributed by atoms with Crippen molar-refractivity contribution in [2.75, 3.05) is 29.9 Å². The Morgan fingerprint density at radius 3 is 3.18 bits per heavy atom. The molecule has 0 radical (unpaired) electrons. The number of aromatic nitrogens is 1. The second-order valence-electron chi connectivity index (χ2n) is 7.37. The number of carbonyl (C=O) groups excluding carboxylic acids is 1. The number of hydrogen-bond donors (Lipinski definition) is 2. The number of nitrogens with one attached hydrogen (secondary N) is 2. The van der Waals surface area contributed by atoms with Crippen LogP contribution in [0.1, 0.15) is 17.5 Å². The predicted molar refractivity (Wildman–Crippen MR) is 118 cm³/mol. The van der Waals surface area contributed by atoms with E-state index in [0.29, 0.717) is 13.0 Å². The van der Waals surface area contributed by atoms with Gasteiger partial charge in [0, 0.05) is 41.2 Å². The third-order valence-corrected chi connectivity index (χ3v) is 7.05. The van der Waals surface area contributed by atoms with E-state index in [1.54, 1.807) is 16.8 Å². The van der Waals surface area contributed by atoms with Crippen LogP contribution in [-0.4, -0.2) is 36.0 Å². The first-order valence-corrected chi connectivity index (χ1v) is 11.1. The third kappa shape index (κ3) is 3.43. The van der Waals surface area contributed by atoms with Gasteiger partial charge < -0.3 is 15.5 Å². The minimum Gasteiger partial charge on any atom is -0.352 e. The quantitative estimate of drug-likeness (QED) is 0.622. The number of anilines is 2. The SMILES string of the molecule is [2H]N1CCN(c2nsc3ccccc23)CC1CCc1cc2c(cc1Br)NC(=O)C2. The molecule has 1 saturated heterocycles. The van der Waals surface area contributed by atoms with Gasteiger partial charge in [0.05, 0.1) is 11.1 Å². The fraction of sp³-hybridized carbons (Fsp3) is 0.333. The van der Waals surface area contributed by atoms with Gasteiger partial charge in [0.15, 0.2) is 0 Å². The zero-order valence-electron chi connectivity index (χ0n) is 16.3. The van der Waals surface area contributed by atoms with E-state index < -0.39 is 0 Å². The Balaban J connectivity index is 1.31. The van der Waals surface area contributed by atoms with Crippen LogP contribution in [0, 0.1) is 0 Å². The van der Waals surface area contributed by atoms with Gasteiger partial charge in [0.25, 0.3) is 0 Å². The number of fused-ring (bicyclic) bond motifs is 2. The molecule has 3 aromatic rings. The van der Waals surface area contributed by atoms with Crippen LogP contribution in [0.3, 0.4) is 0 Å². The average molecular weight is 458 g/mol. The zero-order valence-corrected chi connectivity index (χ0v) is 17.7. The molecule has 0 aliphatic carbocycles. The molecule has 2 aromatic carbocycles. The van der Waals surface area contributed by atoms with Crippen molar-refractivity contribution in [2.45, 2.75) is 25.3 Å². The standard InChI is InChI=1S/C21H21BrN4OS/c22-17-11-18-14(10-20(27)24-18)9-13(17)5-6-15-12-26(8-7-23-15)21-16-3-1-2-4-19(16)28-25-21/h1-4,9,11,15,23H,5-8,10,12H2,(H,24,27)/i/hD. The van der Waals surface area contributed by atoms with Gasteiger partial charge in [-0.1, -0.05) is 34.1 Å². The summed E-state index contributed by atoms with van der Waals surface area (Å²) in [5.41, 5.74) is 3.17. The predicted octanol–water partition coefficient (Wildman–Crippen LogP) is 3.96. The van der Waals surface area contributed by atoms with Crippen LogP contribution >= 0.6 is 27.5 Å². The molecule has 0 bridgehead atoms. The maximum absolute atomic E-state index is 11.6. The molecular formula is C21H21BrN4OS. The summed E-state index contributed by atoms with van der Waals surface area (Å²) < 4.78 is 15.3. The normalized spacial score (nSPS) is 20.3.